The molecule has 0 unspecified atom stereocenters. The van der Waals surface area contributed by atoms with E-state index in [0.29, 0.717) is 17.1 Å². The summed E-state index contributed by atoms with van der Waals surface area (Å²) in [6.07, 6.45) is 1.58. The topological polar surface area (TPSA) is 87.6 Å². The molecule has 124 valence electrons. The van der Waals surface area contributed by atoms with Crippen LogP contribution in [0.2, 0.25) is 0 Å². The maximum Gasteiger partial charge on any atom is 0.338 e. The Kier molecular flexibility index (Phi) is 4.60. The van der Waals surface area contributed by atoms with Crippen molar-refractivity contribution in [3.63, 3.8) is 0 Å². The zero-order chi connectivity index (χ0) is 16.9. The van der Waals surface area contributed by atoms with Crippen LogP contribution < -0.4 is 4.74 Å². The van der Waals surface area contributed by atoms with Gasteiger partial charge in [0.05, 0.1) is 17.9 Å². The van der Waals surface area contributed by atoms with E-state index in [0.717, 1.165) is 0 Å². The predicted octanol–water partition coefficient (Wildman–Crippen LogP) is 3.47. The average molecular weight is 328 g/mol. The molecule has 7 nitrogen and oxygen atoms in total. The van der Waals surface area contributed by atoms with Crippen LogP contribution in [0.3, 0.4) is 0 Å². The van der Waals surface area contributed by atoms with E-state index in [2.05, 4.69) is 10.2 Å². The first-order chi connectivity index (χ1) is 11.6. The van der Waals surface area contributed by atoms with Crippen LogP contribution >= 0.6 is 0 Å². The normalized spacial score (nSPS) is 10.8. The first-order valence-corrected chi connectivity index (χ1v) is 7.42. The zero-order valence-electron chi connectivity index (χ0n) is 13.3. The minimum Gasteiger partial charge on any atom is -0.491 e. The number of nitrogens with zero attached hydrogens (tertiary/aromatic N) is 2. The van der Waals surface area contributed by atoms with E-state index in [1.807, 2.05) is 13.8 Å². The van der Waals surface area contributed by atoms with Crippen LogP contribution in [0.15, 0.2) is 51.5 Å². The molecule has 0 N–H and O–H groups in total. The van der Waals surface area contributed by atoms with Crippen molar-refractivity contribution in [2.24, 2.45) is 0 Å². The molecule has 0 bridgehead atoms. The number of aromatic nitrogens is 2. The summed E-state index contributed by atoms with van der Waals surface area (Å²) in [7, 11) is 0. The van der Waals surface area contributed by atoms with Crippen molar-refractivity contribution in [3.05, 3.63) is 54.1 Å². The van der Waals surface area contributed by atoms with E-state index in [1.54, 1.807) is 36.4 Å². The number of carbonyl (C=O) groups is 1. The second-order valence-corrected chi connectivity index (χ2v) is 5.25. The molecule has 0 spiro atoms. The fourth-order valence-electron chi connectivity index (χ4n) is 1.96. The number of rotatable bonds is 6. The van der Waals surface area contributed by atoms with Crippen LogP contribution in [0, 0.1) is 0 Å². The molecule has 0 aliphatic carbocycles. The molecule has 0 aliphatic rings. The average Bonchev–Trinajstić information content (AvgIpc) is 3.24. The first-order valence-electron chi connectivity index (χ1n) is 7.42. The third kappa shape index (κ3) is 3.81. The van der Waals surface area contributed by atoms with Gasteiger partial charge in [0.25, 0.3) is 11.8 Å². The van der Waals surface area contributed by atoms with Crippen LogP contribution in [0.25, 0.3) is 11.7 Å². The lowest BCUT2D eigenvalue weighted by Crippen LogP contribution is -2.07. The fourth-order valence-corrected chi connectivity index (χ4v) is 1.96. The summed E-state index contributed by atoms with van der Waals surface area (Å²) >= 11 is 0. The second-order valence-electron chi connectivity index (χ2n) is 5.25. The molecule has 0 fully saturated rings. The monoisotopic (exact) mass is 328 g/mol. The number of furan rings is 1. The molecule has 0 aliphatic heterocycles. The molecule has 3 aromatic rings. The molecule has 3 rings (SSSR count). The molecule has 7 heteroatoms. The summed E-state index contributed by atoms with van der Waals surface area (Å²) in [5.41, 5.74) is 0.414. The van der Waals surface area contributed by atoms with E-state index in [-0.39, 0.29) is 24.5 Å². The summed E-state index contributed by atoms with van der Waals surface area (Å²) in [5.74, 6) is 1.10. The van der Waals surface area contributed by atoms with Gasteiger partial charge in [0, 0.05) is 0 Å². The maximum atomic E-state index is 12.0. The largest absolute Gasteiger partial charge is 0.491 e. The molecule has 0 saturated carbocycles. The number of benzene rings is 1. The third-order valence-corrected chi connectivity index (χ3v) is 2.99. The summed E-state index contributed by atoms with van der Waals surface area (Å²) in [6.45, 7) is 3.75. The molecule has 2 aromatic heterocycles. The van der Waals surface area contributed by atoms with Crippen molar-refractivity contribution in [2.45, 2.75) is 26.6 Å². The van der Waals surface area contributed by atoms with Gasteiger partial charge in [0.2, 0.25) is 0 Å². The van der Waals surface area contributed by atoms with Crippen molar-refractivity contribution >= 4 is 5.97 Å². The van der Waals surface area contributed by atoms with Gasteiger partial charge < -0.3 is 18.3 Å². The van der Waals surface area contributed by atoms with Crippen molar-refractivity contribution in [1.82, 2.24) is 10.2 Å². The summed E-state index contributed by atoms with van der Waals surface area (Å²) in [4.78, 5) is 12.0. The zero-order valence-corrected chi connectivity index (χ0v) is 13.3. The van der Waals surface area contributed by atoms with Gasteiger partial charge in [-0.2, -0.15) is 0 Å². The van der Waals surface area contributed by atoms with Crippen molar-refractivity contribution in [1.29, 1.82) is 0 Å². The third-order valence-electron chi connectivity index (χ3n) is 2.99. The SMILES string of the molecule is CC(C)Oc1ccc(C(=O)OCc2nnc(-c3ccco3)o2)cc1. The lowest BCUT2D eigenvalue weighted by atomic mass is 10.2. The van der Waals surface area contributed by atoms with Crippen LogP contribution in [0.4, 0.5) is 0 Å². The Morgan fingerprint density at radius 1 is 1.17 bits per heavy atom. The molecule has 2 heterocycles. The fraction of sp³-hybridized carbons (Fsp3) is 0.235. The first kappa shape index (κ1) is 15.8. The minimum absolute atomic E-state index is 0.0729. The smallest absolute Gasteiger partial charge is 0.338 e. The molecular weight excluding hydrogens is 312 g/mol. The van der Waals surface area contributed by atoms with Gasteiger partial charge in [0.15, 0.2) is 12.4 Å². The lowest BCUT2D eigenvalue weighted by molar-refractivity contribution is 0.0438. The highest BCUT2D eigenvalue weighted by atomic mass is 16.5. The second kappa shape index (κ2) is 6.99. The van der Waals surface area contributed by atoms with Crippen molar-refractivity contribution < 1.29 is 23.1 Å². The van der Waals surface area contributed by atoms with E-state index in [4.69, 9.17) is 18.3 Å². The Bertz CT molecular complexity index is 791. The maximum absolute atomic E-state index is 12.0. The number of carbonyl (C=O) groups excluding carboxylic acids is 1. The molecule has 0 amide bonds. The molecular formula is C17H16N2O5. The van der Waals surface area contributed by atoms with E-state index < -0.39 is 5.97 Å². The van der Waals surface area contributed by atoms with Gasteiger partial charge in [-0.05, 0) is 50.2 Å². The highest BCUT2D eigenvalue weighted by Gasteiger charge is 2.13. The summed E-state index contributed by atoms with van der Waals surface area (Å²) in [6, 6.07) is 10.1. The molecule has 0 atom stereocenters. The van der Waals surface area contributed by atoms with Gasteiger partial charge in [-0.1, -0.05) is 0 Å². The van der Waals surface area contributed by atoms with Crippen LogP contribution in [0.1, 0.15) is 30.1 Å². The Balaban J connectivity index is 1.57. The quantitative estimate of drug-likeness (QED) is 0.640. The van der Waals surface area contributed by atoms with Crippen molar-refractivity contribution in [2.75, 3.05) is 0 Å². The van der Waals surface area contributed by atoms with Crippen molar-refractivity contribution in [3.8, 4) is 17.4 Å². The lowest BCUT2D eigenvalue weighted by Gasteiger charge is -2.09. The Morgan fingerprint density at radius 2 is 1.96 bits per heavy atom. The molecule has 0 saturated heterocycles. The summed E-state index contributed by atoms with van der Waals surface area (Å²) in [5, 5.41) is 7.64. The van der Waals surface area contributed by atoms with E-state index >= 15 is 0 Å². The van der Waals surface area contributed by atoms with Crippen LogP contribution in [-0.2, 0) is 11.3 Å². The van der Waals surface area contributed by atoms with Gasteiger partial charge in [-0.3, -0.25) is 0 Å². The Hall–Kier alpha value is -3.09. The minimum atomic E-state index is -0.483. The Labute approximate surface area is 138 Å². The molecule has 24 heavy (non-hydrogen) atoms. The number of ether oxygens (including phenoxy) is 2. The van der Waals surface area contributed by atoms with Gasteiger partial charge >= 0.3 is 5.97 Å². The summed E-state index contributed by atoms with van der Waals surface area (Å²) < 4.78 is 21.2. The van der Waals surface area contributed by atoms with Gasteiger partial charge in [-0.15, -0.1) is 10.2 Å². The predicted molar refractivity (Wildman–Crippen MR) is 83.3 cm³/mol. The standard InChI is InChI=1S/C17H16N2O5/c1-11(2)23-13-7-5-12(6-8-13)17(20)22-10-15-18-19-16(24-15)14-4-3-9-21-14/h3-9,11H,10H2,1-2H3. The number of hydrogen-bond acceptors (Lipinski definition) is 7. The van der Waals surface area contributed by atoms with Crippen LogP contribution in [-0.4, -0.2) is 22.3 Å². The molecule has 1 aromatic carbocycles. The van der Waals surface area contributed by atoms with E-state index in [9.17, 15) is 4.79 Å². The Morgan fingerprint density at radius 3 is 2.62 bits per heavy atom. The van der Waals surface area contributed by atoms with E-state index in [1.165, 1.54) is 6.26 Å². The van der Waals surface area contributed by atoms with Crippen LogP contribution in [0.5, 0.6) is 5.75 Å². The molecule has 0 radical (unpaired) electrons. The highest BCUT2D eigenvalue weighted by molar-refractivity contribution is 5.89. The van der Waals surface area contributed by atoms with Gasteiger partial charge in [0.1, 0.15) is 5.75 Å². The van der Waals surface area contributed by atoms with Gasteiger partial charge in [-0.25, -0.2) is 4.79 Å². The number of hydrogen-bond donors (Lipinski definition) is 0. The number of esters is 1. The highest BCUT2D eigenvalue weighted by Crippen LogP contribution is 2.19.